The lowest BCUT2D eigenvalue weighted by Crippen LogP contribution is -2.55. The Morgan fingerprint density at radius 2 is 1.69 bits per heavy atom. The van der Waals surface area contributed by atoms with E-state index in [0.717, 1.165) is 24.0 Å². The van der Waals surface area contributed by atoms with Crippen molar-refractivity contribution in [1.29, 1.82) is 0 Å². The zero-order valence-corrected chi connectivity index (χ0v) is 24.1. The maximum Gasteiger partial charge on any atom is 0.408 e. The maximum absolute atomic E-state index is 14.4. The van der Waals surface area contributed by atoms with Crippen molar-refractivity contribution in [2.75, 3.05) is 5.32 Å². The molecule has 3 atom stereocenters. The highest BCUT2D eigenvalue weighted by molar-refractivity contribution is 6.00. The van der Waals surface area contributed by atoms with E-state index in [0.29, 0.717) is 23.2 Å². The number of hydrogen-bond acceptors (Lipinski definition) is 4. The zero-order valence-electron chi connectivity index (χ0n) is 24.1. The SMILES string of the molecule is C#Cc1ccccc1C(C(=O)Nc1c(C)cccc1C)N(C(=O)C(NC(=O)OC(C)(C)C)C(C)CC)C1CC1. The molecule has 3 rings (SSSR count). The van der Waals surface area contributed by atoms with Crippen LogP contribution in [0, 0.1) is 32.1 Å². The van der Waals surface area contributed by atoms with Crippen LogP contribution in [0.3, 0.4) is 0 Å². The largest absolute Gasteiger partial charge is 0.444 e. The highest BCUT2D eigenvalue weighted by Gasteiger charge is 2.45. The summed E-state index contributed by atoms with van der Waals surface area (Å²) in [6.07, 6.45) is 7.35. The predicted molar refractivity (Wildman–Crippen MR) is 154 cm³/mol. The van der Waals surface area contributed by atoms with Crippen LogP contribution in [0.15, 0.2) is 42.5 Å². The highest BCUT2D eigenvalue weighted by Crippen LogP contribution is 2.38. The van der Waals surface area contributed by atoms with Crippen molar-refractivity contribution in [2.45, 2.75) is 91.5 Å². The first-order chi connectivity index (χ1) is 18.4. The molecule has 2 aromatic rings. The lowest BCUT2D eigenvalue weighted by Gasteiger charge is -2.36. The average Bonchev–Trinajstić information content (AvgIpc) is 3.71. The Morgan fingerprint density at radius 3 is 2.23 bits per heavy atom. The molecule has 2 N–H and O–H groups in total. The number of ether oxygens (including phenoxy) is 1. The average molecular weight is 532 g/mol. The first kappa shape index (κ1) is 29.8. The summed E-state index contributed by atoms with van der Waals surface area (Å²) in [6.45, 7) is 13.0. The molecule has 0 aliphatic heterocycles. The number of hydrogen-bond donors (Lipinski definition) is 2. The van der Waals surface area contributed by atoms with Gasteiger partial charge in [-0.05, 0) is 76.1 Å². The van der Waals surface area contributed by atoms with Gasteiger partial charge in [0.25, 0.3) is 5.91 Å². The van der Waals surface area contributed by atoms with Crippen molar-refractivity contribution in [3.05, 3.63) is 64.7 Å². The van der Waals surface area contributed by atoms with E-state index in [1.54, 1.807) is 37.8 Å². The second-order valence-corrected chi connectivity index (χ2v) is 11.4. The van der Waals surface area contributed by atoms with Crippen molar-refractivity contribution in [1.82, 2.24) is 10.2 Å². The quantitative estimate of drug-likeness (QED) is 0.395. The molecule has 0 radical (unpaired) electrons. The molecule has 1 aliphatic rings. The van der Waals surface area contributed by atoms with E-state index in [2.05, 4.69) is 16.6 Å². The fourth-order valence-electron chi connectivity index (χ4n) is 4.64. The summed E-state index contributed by atoms with van der Waals surface area (Å²) in [5, 5.41) is 5.89. The molecule has 7 nitrogen and oxygen atoms in total. The second-order valence-electron chi connectivity index (χ2n) is 11.4. The molecule has 2 aromatic carbocycles. The number of rotatable bonds is 9. The molecule has 1 aliphatic carbocycles. The van der Waals surface area contributed by atoms with E-state index in [9.17, 15) is 14.4 Å². The van der Waals surface area contributed by atoms with Crippen LogP contribution in [0.1, 0.15) is 82.2 Å². The maximum atomic E-state index is 14.4. The number of terminal acetylenes is 1. The summed E-state index contributed by atoms with van der Waals surface area (Å²) in [6, 6.07) is 11.0. The smallest absolute Gasteiger partial charge is 0.408 e. The van der Waals surface area contributed by atoms with Crippen LogP contribution in [0.2, 0.25) is 0 Å². The molecule has 3 amide bonds. The van der Waals surface area contributed by atoms with Gasteiger partial charge in [0.1, 0.15) is 17.7 Å². The van der Waals surface area contributed by atoms with Gasteiger partial charge < -0.3 is 20.3 Å². The van der Waals surface area contributed by atoms with Gasteiger partial charge in [0, 0.05) is 17.3 Å². The van der Waals surface area contributed by atoms with E-state index in [4.69, 9.17) is 11.2 Å². The minimum atomic E-state index is -0.983. The number of nitrogens with one attached hydrogen (secondary N) is 2. The van der Waals surface area contributed by atoms with Gasteiger partial charge in [0.05, 0.1) is 0 Å². The summed E-state index contributed by atoms with van der Waals surface area (Å²) < 4.78 is 5.48. The van der Waals surface area contributed by atoms with E-state index >= 15 is 0 Å². The molecule has 208 valence electrons. The van der Waals surface area contributed by atoms with Crippen molar-refractivity contribution in [3.63, 3.8) is 0 Å². The number of nitrogens with zero attached hydrogens (tertiary/aromatic N) is 1. The lowest BCUT2D eigenvalue weighted by atomic mass is 9.94. The number of amides is 3. The van der Waals surface area contributed by atoms with Crippen molar-refractivity contribution < 1.29 is 19.1 Å². The lowest BCUT2D eigenvalue weighted by molar-refractivity contribution is -0.142. The van der Waals surface area contributed by atoms with Gasteiger partial charge >= 0.3 is 6.09 Å². The Balaban J connectivity index is 2.08. The molecule has 0 saturated heterocycles. The summed E-state index contributed by atoms with van der Waals surface area (Å²) >= 11 is 0. The Bertz CT molecular complexity index is 1230. The number of benzene rings is 2. The van der Waals surface area contributed by atoms with E-state index in [-0.39, 0.29) is 23.8 Å². The number of alkyl carbamates (subject to hydrolysis) is 1. The molecule has 3 unspecified atom stereocenters. The number of carbonyl (C=O) groups excluding carboxylic acids is 3. The third-order valence-electron chi connectivity index (χ3n) is 7.01. The van der Waals surface area contributed by atoms with Crippen LogP contribution < -0.4 is 10.6 Å². The van der Waals surface area contributed by atoms with Gasteiger partial charge in [-0.15, -0.1) is 6.42 Å². The molecular weight excluding hydrogens is 490 g/mol. The Morgan fingerprint density at radius 1 is 1.08 bits per heavy atom. The molecular formula is C32H41N3O4. The van der Waals surface area contributed by atoms with E-state index in [1.807, 2.05) is 58.0 Å². The summed E-state index contributed by atoms with van der Waals surface area (Å²) in [4.78, 5) is 42.9. The molecule has 0 heterocycles. The van der Waals surface area contributed by atoms with Gasteiger partial charge in [0.2, 0.25) is 5.91 Å². The van der Waals surface area contributed by atoms with Gasteiger partial charge in [-0.25, -0.2) is 4.79 Å². The molecule has 1 fully saturated rings. The number of anilines is 1. The molecule has 7 heteroatoms. The molecule has 0 aromatic heterocycles. The van der Waals surface area contributed by atoms with Crippen LogP contribution >= 0.6 is 0 Å². The third kappa shape index (κ3) is 7.41. The van der Waals surface area contributed by atoms with Gasteiger partial charge in [-0.3, -0.25) is 9.59 Å². The normalized spacial score (nSPS) is 15.3. The fraction of sp³-hybridized carbons (Fsp3) is 0.469. The number of carbonyl (C=O) groups is 3. The standard InChI is InChI=1S/C32H41N3O4/c1-9-20(3)27(34-31(38)39-32(6,7)8)30(37)35(24-18-19-24)28(25-17-12-11-16-23(25)10-2)29(36)33-26-21(4)14-13-15-22(26)5/h2,11-17,20,24,27-28H,9,18-19H2,1,3-8H3,(H,33,36)(H,34,38). The number of aryl methyl sites for hydroxylation is 2. The monoisotopic (exact) mass is 531 g/mol. The van der Waals surface area contributed by atoms with Crippen LogP contribution in [0.5, 0.6) is 0 Å². The van der Waals surface area contributed by atoms with Crippen LogP contribution in [0.25, 0.3) is 0 Å². The molecule has 39 heavy (non-hydrogen) atoms. The molecule has 0 spiro atoms. The van der Waals surface area contributed by atoms with Gasteiger partial charge in [-0.1, -0.05) is 62.6 Å². The molecule has 1 saturated carbocycles. The topological polar surface area (TPSA) is 87.7 Å². The first-order valence-corrected chi connectivity index (χ1v) is 13.6. The molecule has 0 bridgehead atoms. The summed E-state index contributed by atoms with van der Waals surface area (Å²) in [5.41, 5.74) is 2.94. The highest BCUT2D eigenvalue weighted by atomic mass is 16.6. The summed E-state index contributed by atoms with van der Waals surface area (Å²) in [5.74, 6) is 1.81. The van der Waals surface area contributed by atoms with Crippen LogP contribution in [-0.4, -0.2) is 40.5 Å². The summed E-state index contributed by atoms with van der Waals surface area (Å²) in [7, 11) is 0. The Hall–Kier alpha value is -3.79. The third-order valence-corrected chi connectivity index (χ3v) is 7.01. The zero-order chi connectivity index (χ0) is 28.9. The Labute approximate surface area is 232 Å². The predicted octanol–water partition coefficient (Wildman–Crippen LogP) is 5.89. The van der Waals surface area contributed by atoms with Crippen LogP contribution in [0.4, 0.5) is 10.5 Å². The van der Waals surface area contributed by atoms with Crippen LogP contribution in [-0.2, 0) is 14.3 Å². The minimum Gasteiger partial charge on any atom is -0.444 e. The first-order valence-electron chi connectivity index (χ1n) is 13.6. The second kappa shape index (κ2) is 12.4. The van der Waals surface area contributed by atoms with Crippen molar-refractivity contribution in [2.24, 2.45) is 5.92 Å². The minimum absolute atomic E-state index is 0.149. The van der Waals surface area contributed by atoms with Crippen molar-refractivity contribution >= 4 is 23.6 Å². The van der Waals surface area contributed by atoms with Gasteiger partial charge in [0.15, 0.2) is 0 Å². The number of para-hydroxylation sites is 1. The van der Waals surface area contributed by atoms with E-state index in [1.165, 1.54) is 0 Å². The fourth-order valence-corrected chi connectivity index (χ4v) is 4.64. The Kier molecular flexibility index (Phi) is 9.45. The van der Waals surface area contributed by atoms with Gasteiger partial charge in [-0.2, -0.15) is 0 Å². The van der Waals surface area contributed by atoms with Crippen molar-refractivity contribution in [3.8, 4) is 12.3 Å². The van der Waals surface area contributed by atoms with E-state index < -0.39 is 23.8 Å².